The highest BCUT2D eigenvalue weighted by Crippen LogP contribution is 2.30. The van der Waals surface area contributed by atoms with Gasteiger partial charge in [-0.1, -0.05) is 6.92 Å². The molecule has 1 aromatic rings. The van der Waals surface area contributed by atoms with E-state index < -0.39 is 14.9 Å². The zero-order valence-electron chi connectivity index (χ0n) is 10.9. The van der Waals surface area contributed by atoms with Gasteiger partial charge < -0.3 is 5.43 Å². The Morgan fingerprint density at radius 1 is 1.50 bits per heavy atom. The summed E-state index contributed by atoms with van der Waals surface area (Å²) >= 11 is 0. The molecule has 0 aliphatic carbocycles. The normalized spacial score (nSPS) is 20.0. The van der Waals surface area contributed by atoms with Gasteiger partial charge in [-0.2, -0.15) is 4.31 Å². The van der Waals surface area contributed by atoms with Crippen molar-refractivity contribution in [3.63, 3.8) is 0 Å². The second kappa shape index (κ2) is 5.35. The highest BCUT2D eigenvalue weighted by molar-refractivity contribution is 7.89. The molecular formula is C11H16N4O4S. The molecule has 0 spiro atoms. The van der Waals surface area contributed by atoms with Crippen LogP contribution >= 0.6 is 0 Å². The number of hydrazine groups is 1. The van der Waals surface area contributed by atoms with Crippen LogP contribution in [0.25, 0.3) is 0 Å². The number of anilines is 1. The van der Waals surface area contributed by atoms with Crippen LogP contribution in [-0.4, -0.2) is 30.7 Å². The lowest BCUT2D eigenvalue weighted by Crippen LogP contribution is -2.28. The maximum atomic E-state index is 12.4. The third-order valence-corrected chi connectivity index (χ3v) is 5.21. The van der Waals surface area contributed by atoms with E-state index >= 15 is 0 Å². The SMILES string of the molecule is CC1CCN(S(=O)(=O)c2ccc(NN)c([N+](=O)[O-])c2)C1. The number of nitrogens with two attached hydrogens (primary N) is 1. The zero-order valence-corrected chi connectivity index (χ0v) is 11.8. The number of nitrogen functional groups attached to an aromatic ring is 1. The summed E-state index contributed by atoms with van der Waals surface area (Å²) in [6, 6.07) is 3.65. The lowest BCUT2D eigenvalue weighted by atomic mass is 10.2. The van der Waals surface area contributed by atoms with Crippen LogP contribution in [0.1, 0.15) is 13.3 Å². The molecule has 0 bridgehead atoms. The number of hydrogen-bond donors (Lipinski definition) is 2. The Morgan fingerprint density at radius 3 is 2.70 bits per heavy atom. The average Bonchev–Trinajstić information content (AvgIpc) is 2.85. The third-order valence-electron chi connectivity index (χ3n) is 3.35. The molecule has 1 aliphatic heterocycles. The summed E-state index contributed by atoms with van der Waals surface area (Å²) in [6.45, 7) is 2.85. The Kier molecular flexibility index (Phi) is 3.93. The van der Waals surface area contributed by atoms with Gasteiger partial charge in [0.1, 0.15) is 5.69 Å². The number of benzene rings is 1. The number of sulfonamides is 1. The smallest absolute Gasteiger partial charge is 0.294 e. The lowest BCUT2D eigenvalue weighted by molar-refractivity contribution is -0.384. The molecule has 1 unspecified atom stereocenters. The second-order valence-corrected chi connectivity index (χ2v) is 6.78. The molecular weight excluding hydrogens is 284 g/mol. The average molecular weight is 300 g/mol. The Balaban J connectivity index is 2.42. The van der Waals surface area contributed by atoms with Gasteiger partial charge in [-0.25, -0.2) is 8.42 Å². The predicted molar refractivity (Wildman–Crippen MR) is 73.4 cm³/mol. The van der Waals surface area contributed by atoms with E-state index in [0.717, 1.165) is 12.5 Å². The van der Waals surface area contributed by atoms with Gasteiger partial charge in [-0.05, 0) is 24.5 Å². The fourth-order valence-corrected chi connectivity index (χ4v) is 3.80. The van der Waals surface area contributed by atoms with Crippen LogP contribution in [0.4, 0.5) is 11.4 Å². The van der Waals surface area contributed by atoms with Crippen LogP contribution in [-0.2, 0) is 10.0 Å². The first-order valence-electron chi connectivity index (χ1n) is 6.11. The van der Waals surface area contributed by atoms with Crippen LogP contribution in [0, 0.1) is 16.0 Å². The van der Waals surface area contributed by atoms with Gasteiger partial charge in [0, 0.05) is 19.2 Å². The van der Waals surface area contributed by atoms with Crippen molar-refractivity contribution in [2.45, 2.75) is 18.2 Å². The quantitative estimate of drug-likeness (QED) is 0.484. The van der Waals surface area contributed by atoms with Gasteiger partial charge in [0.25, 0.3) is 5.69 Å². The highest BCUT2D eigenvalue weighted by Gasteiger charge is 2.32. The topological polar surface area (TPSA) is 119 Å². The van der Waals surface area contributed by atoms with Crippen molar-refractivity contribution in [3.05, 3.63) is 28.3 Å². The molecule has 0 radical (unpaired) electrons. The standard InChI is InChI=1S/C11H16N4O4S/c1-8-4-5-14(7-8)20(18,19)9-2-3-10(13-12)11(6-9)15(16)17/h2-3,6,8,13H,4-5,7,12H2,1H3. The maximum Gasteiger partial charge on any atom is 0.294 e. The fourth-order valence-electron chi connectivity index (χ4n) is 2.21. The van der Waals surface area contributed by atoms with Crippen molar-refractivity contribution in [1.82, 2.24) is 4.31 Å². The molecule has 9 heteroatoms. The molecule has 2 rings (SSSR count). The van der Waals surface area contributed by atoms with E-state index in [4.69, 9.17) is 5.84 Å². The molecule has 1 heterocycles. The first kappa shape index (κ1) is 14.7. The summed E-state index contributed by atoms with van der Waals surface area (Å²) in [6.07, 6.45) is 0.795. The van der Waals surface area contributed by atoms with Crippen molar-refractivity contribution >= 4 is 21.4 Å². The van der Waals surface area contributed by atoms with Crippen molar-refractivity contribution in [2.75, 3.05) is 18.5 Å². The first-order chi connectivity index (χ1) is 9.36. The largest absolute Gasteiger partial charge is 0.318 e. The fraction of sp³-hybridized carbons (Fsp3) is 0.455. The van der Waals surface area contributed by atoms with E-state index in [2.05, 4.69) is 5.43 Å². The van der Waals surface area contributed by atoms with Gasteiger partial charge in [-0.15, -0.1) is 0 Å². The van der Waals surface area contributed by atoms with E-state index in [9.17, 15) is 18.5 Å². The number of rotatable bonds is 4. The summed E-state index contributed by atoms with van der Waals surface area (Å²) in [7, 11) is -3.69. The first-order valence-corrected chi connectivity index (χ1v) is 7.55. The number of nitrogens with one attached hydrogen (secondary N) is 1. The number of hydrogen-bond acceptors (Lipinski definition) is 6. The van der Waals surface area contributed by atoms with E-state index in [1.807, 2.05) is 6.92 Å². The molecule has 0 amide bonds. The lowest BCUT2D eigenvalue weighted by Gasteiger charge is -2.16. The van der Waals surface area contributed by atoms with Crippen molar-refractivity contribution < 1.29 is 13.3 Å². The van der Waals surface area contributed by atoms with Gasteiger partial charge in [0.15, 0.2) is 0 Å². The number of nitrogens with zero attached hydrogens (tertiary/aromatic N) is 2. The van der Waals surface area contributed by atoms with E-state index in [-0.39, 0.29) is 16.3 Å². The number of nitro benzene ring substituents is 1. The maximum absolute atomic E-state index is 12.4. The molecule has 20 heavy (non-hydrogen) atoms. The Labute approximate surface area is 116 Å². The monoisotopic (exact) mass is 300 g/mol. The second-order valence-electron chi connectivity index (χ2n) is 4.84. The molecule has 1 saturated heterocycles. The van der Waals surface area contributed by atoms with Crippen molar-refractivity contribution in [1.29, 1.82) is 0 Å². The summed E-state index contributed by atoms with van der Waals surface area (Å²) in [5.74, 6) is 5.47. The molecule has 0 saturated carbocycles. The van der Waals surface area contributed by atoms with E-state index in [1.165, 1.54) is 16.4 Å². The third kappa shape index (κ3) is 2.60. The van der Waals surface area contributed by atoms with Crippen LogP contribution < -0.4 is 11.3 Å². The Hall–Kier alpha value is -1.71. The molecule has 1 atom stereocenters. The highest BCUT2D eigenvalue weighted by atomic mass is 32.2. The van der Waals surface area contributed by atoms with Crippen molar-refractivity contribution in [3.8, 4) is 0 Å². The molecule has 1 fully saturated rings. The van der Waals surface area contributed by atoms with Gasteiger partial charge in [0.2, 0.25) is 10.0 Å². The minimum absolute atomic E-state index is 0.0729. The van der Waals surface area contributed by atoms with Crippen molar-refractivity contribution in [2.24, 2.45) is 11.8 Å². The molecule has 3 N–H and O–H groups in total. The van der Waals surface area contributed by atoms with Crippen LogP contribution in [0.5, 0.6) is 0 Å². The van der Waals surface area contributed by atoms with Crippen LogP contribution in [0.2, 0.25) is 0 Å². The molecule has 8 nitrogen and oxygen atoms in total. The van der Waals surface area contributed by atoms with Gasteiger partial charge >= 0.3 is 0 Å². The minimum atomic E-state index is -3.69. The Morgan fingerprint density at radius 2 is 2.20 bits per heavy atom. The Bertz CT molecular complexity index is 631. The summed E-state index contributed by atoms with van der Waals surface area (Å²) < 4.78 is 26.2. The van der Waals surface area contributed by atoms with Gasteiger partial charge in [-0.3, -0.25) is 16.0 Å². The number of nitro groups is 1. The minimum Gasteiger partial charge on any atom is -0.318 e. The zero-order chi connectivity index (χ0) is 14.9. The summed E-state index contributed by atoms with van der Waals surface area (Å²) in [5, 5.41) is 10.9. The molecule has 110 valence electrons. The van der Waals surface area contributed by atoms with Gasteiger partial charge in [0.05, 0.1) is 9.82 Å². The van der Waals surface area contributed by atoms with Crippen LogP contribution in [0.15, 0.2) is 23.1 Å². The van der Waals surface area contributed by atoms with E-state index in [0.29, 0.717) is 19.0 Å². The predicted octanol–water partition coefficient (Wildman–Crippen LogP) is 0.911. The van der Waals surface area contributed by atoms with Crippen LogP contribution in [0.3, 0.4) is 0 Å². The molecule has 0 aromatic heterocycles. The molecule has 1 aliphatic rings. The van der Waals surface area contributed by atoms with E-state index in [1.54, 1.807) is 0 Å². The summed E-state index contributed by atoms with van der Waals surface area (Å²) in [5.41, 5.74) is 1.89. The summed E-state index contributed by atoms with van der Waals surface area (Å²) in [4.78, 5) is 10.2. The molecule has 1 aromatic carbocycles.